The molecule has 0 fully saturated rings. The van der Waals surface area contributed by atoms with Gasteiger partial charge in [-0.25, -0.2) is 4.39 Å². The summed E-state index contributed by atoms with van der Waals surface area (Å²) in [5.41, 5.74) is 1.11. The van der Waals surface area contributed by atoms with Gasteiger partial charge < -0.3 is 15.4 Å². The van der Waals surface area contributed by atoms with Gasteiger partial charge in [-0.2, -0.15) is 0 Å². The number of benzene rings is 2. The minimum absolute atomic E-state index is 0.276. The Hall–Kier alpha value is -2.56. The molecule has 0 amide bonds. The molecule has 0 radical (unpaired) electrons. The minimum atomic E-state index is -0.276. The summed E-state index contributed by atoms with van der Waals surface area (Å²) in [7, 11) is 3.54. The second-order valence-corrected chi connectivity index (χ2v) is 4.38. The monoisotopic (exact) mass is 287 g/mol. The zero-order chi connectivity index (χ0) is 15.1. The number of hydrogen-bond acceptors (Lipinski definition) is 2. The van der Waals surface area contributed by atoms with Crippen molar-refractivity contribution in [3.8, 4) is 11.5 Å². The molecule has 0 aromatic heterocycles. The fourth-order valence-corrected chi connectivity index (χ4v) is 1.78. The molecule has 21 heavy (non-hydrogen) atoms. The summed E-state index contributed by atoms with van der Waals surface area (Å²) in [6.07, 6.45) is 0. The van der Waals surface area contributed by atoms with Gasteiger partial charge in [-0.05, 0) is 42.0 Å². The second kappa shape index (κ2) is 7.28. The lowest BCUT2D eigenvalue weighted by molar-refractivity contribution is 0.480. The molecule has 2 N–H and O–H groups in total. The summed E-state index contributed by atoms with van der Waals surface area (Å²) >= 11 is 0. The Morgan fingerprint density at radius 1 is 1.05 bits per heavy atom. The van der Waals surface area contributed by atoms with Crippen LogP contribution in [-0.2, 0) is 6.54 Å². The highest BCUT2D eigenvalue weighted by molar-refractivity contribution is 5.79. The van der Waals surface area contributed by atoms with Gasteiger partial charge in [0.05, 0.1) is 0 Å². The van der Waals surface area contributed by atoms with E-state index in [9.17, 15) is 4.39 Å². The average molecular weight is 287 g/mol. The normalized spacial score (nSPS) is 11.1. The molecule has 0 aliphatic rings. The Bertz CT molecular complexity index is 594. The van der Waals surface area contributed by atoms with E-state index in [0.717, 1.165) is 11.5 Å². The van der Waals surface area contributed by atoms with Crippen LogP contribution >= 0.6 is 0 Å². The Labute approximate surface area is 123 Å². The van der Waals surface area contributed by atoms with Crippen molar-refractivity contribution in [2.45, 2.75) is 6.54 Å². The molecule has 0 spiro atoms. The van der Waals surface area contributed by atoms with Crippen LogP contribution in [0.25, 0.3) is 0 Å². The number of nitrogens with zero attached hydrogens (tertiary/aromatic N) is 1. The molecule has 2 aromatic rings. The van der Waals surface area contributed by atoms with E-state index in [2.05, 4.69) is 15.6 Å². The number of halogens is 1. The quantitative estimate of drug-likeness (QED) is 0.671. The number of aliphatic imine (C=N–C) groups is 1. The lowest BCUT2D eigenvalue weighted by Crippen LogP contribution is -2.33. The first-order chi connectivity index (χ1) is 10.2. The molecule has 0 atom stereocenters. The van der Waals surface area contributed by atoms with E-state index in [1.165, 1.54) is 12.1 Å². The molecule has 5 heteroatoms. The third-order valence-electron chi connectivity index (χ3n) is 2.89. The molecule has 0 bridgehead atoms. The van der Waals surface area contributed by atoms with Gasteiger partial charge in [0.2, 0.25) is 0 Å². The van der Waals surface area contributed by atoms with Crippen LogP contribution in [0.1, 0.15) is 5.56 Å². The SMILES string of the molecule is CN=C(NC)NCc1ccc(Oc2ccc(F)cc2)cc1. The van der Waals surface area contributed by atoms with Crippen molar-refractivity contribution < 1.29 is 9.13 Å². The van der Waals surface area contributed by atoms with Crippen molar-refractivity contribution in [1.29, 1.82) is 0 Å². The van der Waals surface area contributed by atoms with Gasteiger partial charge in [0.1, 0.15) is 17.3 Å². The zero-order valence-corrected chi connectivity index (χ0v) is 12.1. The number of hydrogen-bond donors (Lipinski definition) is 2. The maximum atomic E-state index is 12.8. The summed E-state index contributed by atoms with van der Waals surface area (Å²) < 4.78 is 18.4. The highest BCUT2D eigenvalue weighted by atomic mass is 19.1. The molecule has 0 heterocycles. The lowest BCUT2D eigenvalue weighted by Gasteiger charge is -2.09. The predicted molar refractivity (Wildman–Crippen MR) is 82.2 cm³/mol. The topological polar surface area (TPSA) is 45.7 Å². The average Bonchev–Trinajstić information content (AvgIpc) is 2.52. The molecular weight excluding hydrogens is 269 g/mol. The Balaban J connectivity index is 1.94. The number of ether oxygens (including phenoxy) is 1. The molecule has 0 aliphatic heterocycles. The van der Waals surface area contributed by atoms with E-state index in [1.807, 2.05) is 31.3 Å². The Kier molecular flexibility index (Phi) is 5.15. The van der Waals surface area contributed by atoms with E-state index in [4.69, 9.17) is 4.74 Å². The molecule has 0 unspecified atom stereocenters. The van der Waals surface area contributed by atoms with E-state index in [-0.39, 0.29) is 5.82 Å². The zero-order valence-electron chi connectivity index (χ0n) is 12.1. The smallest absolute Gasteiger partial charge is 0.190 e. The van der Waals surface area contributed by atoms with Gasteiger partial charge in [0.25, 0.3) is 0 Å². The molecule has 2 aromatic carbocycles. The number of rotatable bonds is 4. The number of nitrogens with one attached hydrogen (secondary N) is 2. The Morgan fingerprint density at radius 3 is 2.14 bits per heavy atom. The first kappa shape index (κ1) is 14.8. The highest BCUT2D eigenvalue weighted by Gasteiger charge is 1.99. The third kappa shape index (κ3) is 4.49. The van der Waals surface area contributed by atoms with Crippen molar-refractivity contribution in [2.24, 2.45) is 4.99 Å². The molecule has 0 saturated heterocycles. The van der Waals surface area contributed by atoms with Crippen LogP contribution in [0.5, 0.6) is 11.5 Å². The van der Waals surface area contributed by atoms with Gasteiger partial charge in [0, 0.05) is 20.6 Å². The standard InChI is InChI=1S/C16H18FN3O/c1-18-16(19-2)20-11-12-3-7-14(8-4-12)21-15-9-5-13(17)6-10-15/h3-10H,11H2,1-2H3,(H2,18,19,20). The first-order valence-electron chi connectivity index (χ1n) is 6.62. The van der Waals surface area contributed by atoms with E-state index in [1.54, 1.807) is 19.2 Å². The molecule has 4 nitrogen and oxygen atoms in total. The van der Waals surface area contributed by atoms with Gasteiger partial charge in [-0.3, -0.25) is 4.99 Å². The summed E-state index contributed by atoms with van der Waals surface area (Å²) in [6, 6.07) is 13.6. The summed E-state index contributed by atoms with van der Waals surface area (Å²) in [4.78, 5) is 4.04. The maximum absolute atomic E-state index is 12.8. The Morgan fingerprint density at radius 2 is 1.62 bits per heavy atom. The van der Waals surface area contributed by atoms with Crippen molar-refractivity contribution >= 4 is 5.96 Å². The molecule has 0 saturated carbocycles. The van der Waals surface area contributed by atoms with Gasteiger partial charge in [-0.1, -0.05) is 12.1 Å². The third-order valence-corrected chi connectivity index (χ3v) is 2.89. The van der Waals surface area contributed by atoms with E-state index in [0.29, 0.717) is 18.0 Å². The molecule has 2 rings (SSSR count). The van der Waals surface area contributed by atoms with Crippen LogP contribution in [0.15, 0.2) is 53.5 Å². The summed E-state index contributed by atoms with van der Waals surface area (Å²) in [6.45, 7) is 0.671. The van der Waals surface area contributed by atoms with Crippen LogP contribution in [0.2, 0.25) is 0 Å². The minimum Gasteiger partial charge on any atom is -0.457 e. The maximum Gasteiger partial charge on any atom is 0.190 e. The fraction of sp³-hybridized carbons (Fsp3) is 0.188. The van der Waals surface area contributed by atoms with Crippen LogP contribution < -0.4 is 15.4 Å². The van der Waals surface area contributed by atoms with Crippen molar-refractivity contribution in [1.82, 2.24) is 10.6 Å². The van der Waals surface area contributed by atoms with E-state index >= 15 is 0 Å². The van der Waals surface area contributed by atoms with Crippen molar-refractivity contribution in [3.63, 3.8) is 0 Å². The van der Waals surface area contributed by atoms with Crippen LogP contribution in [-0.4, -0.2) is 20.1 Å². The van der Waals surface area contributed by atoms with E-state index < -0.39 is 0 Å². The van der Waals surface area contributed by atoms with Gasteiger partial charge >= 0.3 is 0 Å². The largest absolute Gasteiger partial charge is 0.457 e. The van der Waals surface area contributed by atoms with Crippen LogP contribution in [0, 0.1) is 5.82 Å². The molecule has 110 valence electrons. The van der Waals surface area contributed by atoms with Crippen molar-refractivity contribution in [3.05, 3.63) is 59.9 Å². The fourth-order valence-electron chi connectivity index (χ4n) is 1.78. The number of guanidine groups is 1. The lowest BCUT2D eigenvalue weighted by atomic mass is 10.2. The van der Waals surface area contributed by atoms with Crippen molar-refractivity contribution in [2.75, 3.05) is 14.1 Å². The summed E-state index contributed by atoms with van der Waals surface area (Å²) in [5.74, 6) is 1.78. The second-order valence-electron chi connectivity index (χ2n) is 4.38. The molecular formula is C16H18FN3O. The van der Waals surface area contributed by atoms with Crippen LogP contribution in [0.4, 0.5) is 4.39 Å². The van der Waals surface area contributed by atoms with Gasteiger partial charge in [0.15, 0.2) is 5.96 Å². The molecule has 0 aliphatic carbocycles. The highest BCUT2D eigenvalue weighted by Crippen LogP contribution is 2.21. The van der Waals surface area contributed by atoms with Crippen LogP contribution in [0.3, 0.4) is 0 Å². The predicted octanol–water partition coefficient (Wildman–Crippen LogP) is 2.91. The van der Waals surface area contributed by atoms with Gasteiger partial charge in [-0.15, -0.1) is 0 Å². The summed E-state index contributed by atoms with van der Waals surface area (Å²) in [5, 5.41) is 6.12. The first-order valence-corrected chi connectivity index (χ1v) is 6.62.